The number of hydrogen-bond acceptors (Lipinski definition) is 3. The molecule has 2 aliphatic rings. The minimum absolute atomic E-state index is 0.768. The number of likely N-dealkylation sites (tertiary alicyclic amines) is 2. The third-order valence-corrected chi connectivity index (χ3v) is 5.25. The van der Waals surface area contributed by atoms with E-state index in [9.17, 15) is 0 Å². The molecular weight excluding hydrogens is 284 g/mol. The molecule has 1 atom stereocenters. The highest BCUT2D eigenvalue weighted by atomic mass is 15.2. The van der Waals surface area contributed by atoms with Crippen molar-refractivity contribution >= 4 is 0 Å². The molecule has 2 saturated heterocycles. The van der Waals surface area contributed by atoms with Crippen LogP contribution in [-0.2, 0) is 6.54 Å². The van der Waals surface area contributed by atoms with Gasteiger partial charge in [-0.1, -0.05) is 6.07 Å². The van der Waals surface area contributed by atoms with E-state index in [0.29, 0.717) is 0 Å². The summed E-state index contributed by atoms with van der Waals surface area (Å²) in [7, 11) is 0. The van der Waals surface area contributed by atoms with Crippen LogP contribution in [0.2, 0.25) is 0 Å². The van der Waals surface area contributed by atoms with Crippen molar-refractivity contribution < 1.29 is 0 Å². The molecule has 122 valence electrons. The Labute approximate surface area is 138 Å². The molecule has 4 nitrogen and oxygen atoms in total. The van der Waals surface area contributed by atoms with Crippen LogP contribution in [0.25, 0.3) is 5.82 Å². The molecule has 0 N–H and O–H groups in total. The second-order valence-electron chi connectivity index (χ2n) is 6.83. The van der Waals surface area contributed by atoms with Gasteiger partial charge in [0.05, 0.1) is 0 Å². The molecule has 2 aliphatic heterocycles. The van der Waals surface area contributed by atoms with Gasteiger partial charge in [-0.05, 0) is 69.6 Å². The molecule has 0 aromatic carbocycles. The quantitative estimate of drug-likeness (QED) is 0.868. The highest BCUT2D eigenvalue weighted by Gasteiger charge is 2.27. The van der Waals surface area contributed by atoms with Gasteiger partial charge in [0.15, 0.2) is 0 Å². The molecule has 4 heterocycles. The Bertz CT molecular complexity index is 615. The molecular formula is C19H26N4. The van der Waals surface area contributed by atoms with Crippen molar-refractivity contribution in [3.8, 4) is 5.82 Å². The molecule has 0 aliphatic carbocycles. The van der Waals surface area contributed by atoms with Crippen molar-refractivity contribution in [2.75, 3.05) is 26.2 Å². The summed E-state index contributed by atoms with van der Waals surface area (Å²) < 4.78 is 2.22. The Hall–Kier alpha value is -1.65. The summed E-state index contributed by atoms with van der Waals surface area (Å²) in [6.07, 6.45) is 9.46. The summed E-state index contributed by atoms with van der Waals surface area (Å²) in [6, 6.07) is 11.2. The van der Waals surface area contributed by atoms with Crippen molar-refractivity contribution in [1.82, 2.24) is 19.4 Å². The molecule has 0 amide bonds. The zero-order valence-electron chi connectivity index (χ0n) is 13.8. The zero-order valence-corrected chi connectivity index (χ0v) is 13.8. The summed E-state index contributed by atoms with van der Waals surface area (Å²) in [4.78, 5) is 9.83. The van der Waals surface area contributed by atoms with E-state index < -0.39 is 0 Å². The van der Waals surface area contributed by atoms with Crippen molar-refractivity contribution in [3.63, 3.8) is 0 Å². The minimum atomic E-state index is 0.768. The second kappa shape index (κ2) is 6.85. The van der Waals surface area contributed by atoms with Crippen molar-refractivity contribution in [2.24, 2.45) is 0 Å². The number of aromatic nitrogens is 2. The zero-order chi connectivity index (χ0) is 15.5. The lowest BCUT2D eigenvalue weighted by Gasteiger charge is -2.37. The molecule has 0 spiro atoms. The molecule has 0 bridgehead atoms. The van der Waals surface area contributed by atoms with E-state index >= 15 is 0 Å². The molecule has 2 fully saturated rings. The van der Waals surface area contributed by atoms with E-state index in [2.05, 4.69) is 49.8 Å². The smallest absolute Gasteiger partial charge is 0.136 e. The first-order valence-corrected chi connectivity index (χ1v) is 8.94. The third kappa shape index (κ3) is 3.33. The van der Waals surface area contributed by atoms with Gasteiger partial charge in [0.2, 0.25) is 0 Å². The van der Waals surface area contributed by atoms with Crippen LogP contribution in [0.15, 0.2) is 42.7 Å². The topological polar surface area (TPSA) is 24.3 Å². The molecule has 0 radical (unpaired) electrons. The van der Waals surface area contributed by atoms with Crippen molar-refractivity contribution in [3.05, 3.63) is 48.4 Å². The summed E-state index contributed by atoms with van der Waals surface area (Å²) >= 11 is 0. The molecule has 1 unspecified atom stereocenters. The summed E-state index contributed by atoms with van der Waals surface area (Å²) in [6.45, 7) is 6.07. The van der Waals surface area contributed by atoms with E-state index in [-0.39, 0.29) is 0 Å². The van der Waals surface area contributed by atoms with Gasteiger partial charge in [0.1, 0.15) is 5.82 Å². The number of rotatable bonds is 4. The molecule has 0 saturated carbocycles. The Morgan fingerprint density at radius 1 is 1.00 bits per heavy atom. The van der Waals surface area contributed by atoms with E-state index in [1.54, 1.807) is 0 Å². The number of hydrogen-bond donors (Lipinski definition) is 0. The monoisotopic (exact) mass is 310 g/mol. The highest BCUT2D eigenvalue weighted by molar-refractivity contribution is 5.27. The number of pyridine rings is 1. The average Bonchev–Trinajstić information content (AvgIpc) is 3.28. The van der Waals surface area contributed by atoms with E-state index in [0.717, 1.165) is 18.4 Å². The maximum absolute atomic E-state index is 4.49. The lowest BCUT2D eigenvalue weighted by molar-refractivity contribution is 0.109. The Kier molecular flexibility index (Phi) is 4.44. The fourth-order valence-electron chi connectivity index (χ4n) is 4.07. The average molecular weight is 310 g/mol. The Morgan fingerprint density at radius 2 is 1.91 bits per heavy atom. The fraction of sp³-hybridized carbons (Fsp3) is 0.526. The van der Waals surface area contributed by atoms with Crippen LogP contribution in [-0.4, -0.2) is 51.6 Å². The van der Waals surface area contributed by atoms with Gasteiger partial charge in [0.25, 0.3) is 0 Å². The lowest BCUT2D eigenvalue weighted by atomic mass is 10.0. The van der Waals surface area contributed by atoms with E-state index in [4.69, 9.17) is 0 Å². The third-order valence-electron chi connectivity index (χ3n) is 5.25. The van der Waals surface area contributed by atoms with Gasteiger partial charge in [-0.25, -0.2) is 4.98 Å². The van der Waals surface area contributed by atoms with Crippen LogP contribution in [0.3, 0.4) is 0 Å². The molecule has 23 heavy (non-hydrogen) atoms. The Morgan fingerprint density at radius 3 is 2.74 bits per heavy atom. The maximum atomic E-state index is 4.49. The first kappa shape index (κ1) is 14.9. The molecule has 4 rings (SSSR count). The summed E-state index contributed by atoms with van der Waals surface area (Å²) in [5, 5.41) is 0. The predicted molar refractivity (Wildman–Crippen MR) is 92.7 cm³/mol. The molecule has 2 aromatic heterocycles. The minimum Gasteiger partial charge on any atom is -0.304 e. The Balaban J connectivity index is 1.45. The first-order valence-electron chi connectivity index (χ1n) is 8.94. The van der Waals surface area contributed by atoms with Gasteiger partial charge in [0, 0.05) is 37.2 Å². The van der Waals surface area contributed by atoms with E-state index in [1.807, 2.05) is 12.3 Å². The van der Waals surface area contributed by atoms with Crippen LogP contribution < -0.4 is 0 Å². The van der Waals surface area contributed by atoms with Gasteiger partial charge >= 0.3 is 0 Å². The van der Waals surface area contributed by atoms with Crippen LogP contribution in [0, 0.1) is 0 Å². The van der Waals surface area contributed by atoms with Crippen LogP contribution in [0.1, 0.15) is 31.4 Å². The maximum Gasteiger partial charge on any atom is 0.136 e. The molecule has 2 aromatic rings. The number of nitrogens with zero attached hydrogens (tertiary/aromatic N) is 4. The van der Waals surface area contributed by atoms with Crippen molar-refractivity contribution in [2.45, 2.75) is 38.3 Å². The van der Waals surface area contributed by atoms with Gasteiger partial charge in [-0.2, -0.15) is 0 Å². The second-order valence-corrected chi connectivity index (χ2v) is 6.83. The van der Waals surface area contributed by atoms with Crippen molar-refractivity contribution in [1.29, 1.82) is 0 Å². The highest BCUT2D eigenvalue weighted by Crippen LogP contribution is 2.22. The predicted octanol–water partition coefficient (Wildman–Crippen LogP) is 2.93. The van der Waals surface area contributed by atoms with Crippen LogP contribution >= 0.6 is 0 Å². The SMILES string of the molecule is c1ccc(-n2cccc2CN2CCCC(N3CCCC3)C2)nc1. The van der Waals surface area contributed by atoms with E-state index in [1.165, 1.54) is 57.6 Å². The number of piperidine rings is 1. The summed E-state index contributed by atoms with van der Waals surface area (Å²) in [5.74, 6) is 1.01. The largest absolute Gasteiger partial charge is 0.304 e. The fourth-order valence-corrected chi connectivity index (χ4v) is 4.07. The van der Waals surface area contributed by atoms with Gasteiger partial charge in [-0.15, -0.1) is 0 Å². The van der Waals surface area contributed by atoms with Gasteiger partial charge < -0.3 is 4.57 Å². The molecule has 4 heteroatoms. The first-order chi connectivity index (χ1) is 11.4. The lowest BCUT2D eigenvalue weighted by Crippen LogP contribution is -2.46. The van der Waals surface area contributed by atoms with Crippen LogP contribution in [0.5, 0.6) is 0 Å². The standard InChI is InChI=1S/C19H26N4/c1-2-10-20-19(9-1)23-14-6-8-18(23)16-21-11-5-7-17(15-21)22-12-3-4-13-22/h1-2,6,8-10,14,17H,3-5,7,11-13,15-16H2. The van der Waals surface area contributed by atoms with Gasteiger partial charge in [-0.3, -0.25) is 9.80 Å². The normalized spacial score (nSPS) is 23.4. The summed E-state index contributed by atoms with van der Waals surface area (Å²) in [5.41, 5.74) is 1.34. The van der Waals surface area contributed by atoms with Crippen LogP contribution in [0.4, 0.5) is 0 Å².